The monoisotopic (exact) mass is 268 g/mol. The first-order valence-corrected chi connectivity index (χ1v) is 8.33. The van der Waals surface area contributed by atoms with E-state index in [9.17, 15) is 5.11 Å². The van der Waals surface area contributed by atoms with Gasteiger partial charge in [-0.1, -0.05) is 20.3 Å². The van der Waals surface area contributed by atoms with Gasteiger partial charge in [0.15, 0.2) is 0 Å². The maximum atomic E-state index is 9.85. The summed E-state index contributed by atoms with van der Waals surface area (Å²) in [5, 5.41) is 13.5. The third-order valence-electron chi connectivity index (χ3n) is 5.28. The summed E-state index contributed by atoms with van der Waals surface area (Å²) in [4.78, 5) is 2.70. The van der Waals surface area contributed by atoms with Crippen molar-refractivity contribution < 1.29 is 5.11 Å². The first-order chi connectivity index (χ1) is 9.23. The quantitative estimate of drug-likeness (QED) is 0.776. The first kappa shape index (κ1) is 15.3. The zero-order chi connectivity index (χ0) is 13.7. The summed E-state index contributed by atoms with van der Waals surface area (Å²) < 4.78 is 0. The smallest absolute Gasteiger partial charge is 0.0613 e. The van der Waals surface area contributed by atoms with Crippen LogP contribution < -0.4 is 5.32 Å². The molecule has 1 saturated carbocycles. The van der Waals surface area contributed by atoms with Gasteiger partial charge in [0, 0.05) is 18.1 Å². The highest BCUT2D eigenvalue weighted by Gasteiger charge is 2.38. The van der Waals surface area contributed by atoms with Crippen molar-refractivity contribution in [2.75, 3.05) is 26.2 Å². The van der Waals surface area contributed by atoms with Gasteiger partial charge >= 0.3 is 0 Å². The van der Waals surface area contributed by atoms with Crippen LogP contribution in [0.4, 0.5) is 0 Å². The average Bonchev–Trinajstić information content (AvgIpc) is 2.94. The van der Waals surface area contributed by atoms with Crippen molar-refractivity contribution >= 4 is 0 Å². The lowest BCUT2D eigenvalue weighted by atomic mass is 9.78. The fraction of sp³-hybridized carbons (Fsp3) is 1.00. The largest absolute Gasteiger partial charge is 0.394 e. The van der Waals surface area contributed by atoms with E-state index in [4.69, 9.17) is 0 Å². The van der Waals surface area contributed by atoms with Crippen LogP contribution in [0.3, 0.4) is 0 Å². The van der Waals surface area contributed by atoms with E-state index in [0.717, 1.165) is 31.7 Å². The molecule has 2 aliphatic rings. The van der Waals surface area contributed by atoms with E-state index in [2.05, 4.69) is 24.1 Å². The predicted molar refractivity (Wildman–Crippen MR) is 80.3 cm³/mol. The number of nitrogens with one attached hydrogen (secondary N) is 1. The molecule has 0 aromatic rings. The van der Waals surface area contributed by atoms with Crippen molar-refractivity contribution in [3.8, 4) is 0 Å². The zero-order valence-electron chi connectivity index (χ0n) is 12.8. The number of rotatable bonds is 6. The summed E-state index contributed by atoms with van der Waals surface area (Å²) in [6.45, 7) is 8.41. The van der Waals surface area contributed by atoms with Crippen molar-refractivity contribution in [2.45, 2.75) is 70.4 Å². The van der Waals surface area contributed by atoms with Crippen molar-refractivity contribution in [2.24, 2.45) is 5.92 Å². The lowest BCUT2D eigenvalue weighted by molar-refractivity contribution is 0.0675. The molecule has 3 nitrogen and oxygen atoms in total. The van der Waals surface area contributed by atoms with Crippen LogP contribution in [0.1, 0.15) is 58.8 Å². The normalized spacial score (nSPS) is 36.8. The van der Waals surface area contributed by atoms with E-state index in [1.54, 1.807) is 0 Å². The Morgan fingerprint density at radius 3 is 2.79 bits per heavy atom. The molecular weight excluding hydrogens is 236 g/mol. The molecule has 0 bridgehead atoms. The molecule has 19 heavy (non-hydrogen) atoms. The second-order valence-corrected chi connectivity index (χ2v) is 6.67. The minimum absolute atomic E-state index is 0.00320. The third-order valence-corrected chi connectivity index (χ3v) is 5.28. The molecule has 3 unspecified atom stereocenters. The van der Waals surface area contributed by atoms with Gasteiger partial charge in [-0.2, -0.15) is 0 Å². The number of nitrogens with zero attached hydrogens (tertiary/aromatic N) is 1. The fourth-order valence-corrected chi connectivity index (χ4v) is 3.92. The van der Waals surface area contributed by atoms with E-state index in [1.807, 2.05) is 0 Å². The highest BCUT2D eigenvalue weighted by atomic mass is 16.3. The first-order valence-electron chi connectivity index (χ1n) is 8.33. The topological polar surface area (TPSA) is 35.5 Å². The van der Waals surface area contributed by atoms with Crippen LogP contribution in [-0.2, 0) is 0 Å². The van der Waals surface area contributed by atoms with Crippen molar-refractivity contribution in [3.63, 3.8) is 0 Å². The lowest BCUT2D eigenvalue weighted by Gasteiger charge is -2.43. The maximum absolute atomic E-state index is 9.85. The molecule has 3 atom stereocenters. The number of likely N-dealkylation sites (tertiary alicyclic amines) is 1. The minimum Gasteiger partial charge on any atom is -0.394 e. The second kappa shape index (κ2) is 7.05. The molecule has 0 amide bonds. The zero-order valence-corrected chi connectivity index (χ0v) is 12.8. The molecule has 2 N–H and O–H groups in total. The molecule has 112 valence electrons. The van der Waals surface area contributed by atoms with Crippen LogP contribution in [-0.4, -0.2) is 47.8 Å². The second-order valence-electron chi connectivity index (χ2n) is 6.67. The van der Waals surface area contributed by atoms with Crippen molar-refractivity contribution in [1.29, 1.82) is 0 Å². The Kier molecular flexibility index (Phi) is 5.67. The molecule has 1 aliphatic heterocycles. The minimum atomic E-state index is 0.00320. The standard InChI is InChI=1S/C16H32N2O/c1-3-9-17-16(13-19)8-5-6-15(11-16)18-10-7-14(4-2)12-18/h14-15,17,19H,3-13H2,1-2H3. The Hall–Kier alpha value is -0.120. The molecule has 0 aromatic carbocycles. The Balaban J connectivity index is 1.92. The number of aliphatic hydroxyl groups is 1. The van der Waals surface area contributed by atoms with E-state index in [0.29, 0.717) is 12.6 Å². The maximum Gasteiger partial charge on any atom is 0.0613 e. The van der Waals surface area contributed by atoms with Gasteiger partial charge in [0.25, 0.3) is 0 Å². The summed E-state index contributed by atoms with van der Waals surface area (Å²) in [5.41, 5.74) is 0.00320. The molecule has 0 aromatic heterocycles. The molecule has 3 heteroatoms. The van der Waals surface area contributed by atoms with Crippen molar-refractivity contribution in [3.05, 3.63) is 0 Å². The van der Waals surface area contributed by atoms with Crippen molar-refractivity contribution in [1.82, 2.24) is 10.2 Å². The van der Waals surface area contributed by atoms with Gasteiger partial charge in [-0.15, -0.1) is 0 Å². The van der Waals surface area contributed by atoms with Gasteiger partial charge in [-0.05, 0) is 57.5 Å². The summed E-state index contributed by atoms with van der Waals surface area (Å²) in [7, 11) is 0. The van der Waals surface area contributed by atoms with Crippen LogP contribution in [0.5, 0.6) is 0 Å². The predicted octanol–water partition coefficient (Wildman–Crippen LogP) is 2.39. The molecule has 0 radical (unpaired) electrons. The molecule has 0 spiro atoms. The van der Waals surface area contributed by atoms with Gasteiger partial charge in [0.05, 0.1) is 6.61 Å². The Morgan fingerprint density at radius 1 is 1.32 bits per heavy atom. The van der Waals surface area contributed by atoms with Crippen LogP contribution in [0.2, 0.25) is 0 Å². The molecule has 2 rings (SSSR count). The van der Waals surface area contributed by atoms with Gasteiger partial charge < -0.3 is 15.3 Å². The van der Waals surface area contributed by atoms with Gasteiger partial charge in [-0.25, -0.2) is 0 Å². The van der Waals surface area contributed by atoms with E-state index in [-0.39, 0.29) is 5.54 Å². The van der Waals surface area contributed by atoms with E-state index in [1.165, 1.54) is 38.8 Å². The van der Waals surface area contributed by atoms with Crippen LogP contribution >= 0.6 is 0 Å². The summed E-state index contributed by atoms with van der Waals surface area (Å²) in [5.74, 6) is 0.911. The Labute approximate surface area is 118 Å². The molecular formula is C16H32N2O. The average molecular weight is 268 g/mol. The lowest BCUT2D eigenvalue weighted by Crippen LogP contribution is -2.55. The number of hydrogen-bond acceptors (Lipinski definition) is 3. The summed E-state index contributed by atoms with van der Waals surface area (Å²) in [6, 6.07) is 0.696. The molecule has 1 aliphatic carbocycles. The van der Waals surface area contributed by atoms with Gasteiger partial charge in [0.2, 0.25) is 0 Å². The van der Waals surface area contributed by atoms with E-state index < -0.39 is 0 Å². The molecule has 1 saturated heterocycles. The SMILES string of the molecule is CCCNC1(CO)CCCC(N2CCC(CC)C2)C1. The highest BCUT2D eigenvalue weighted by molar-refractivity contribution is 4.97. The third kappa shape index (κ3) is 3.71. The van der Waals surface area contributed by atoms with Crippen LogP contribution in [0, 0.1) is 5.92 Å². The van der Waals surface area contributed by atoms with Gasteiger partial charge in [-0.3, -0.25) is 0 Å². The number of aliphatic hydroxyl groups excluding tert-OH is 1. The Morgan fingerprint density at radius 2 is 2.16 bits per heavy atom. The summed E-state index contributed by atoms with van der Waals surface area (Å²) in [6.07, 6.45) is 8.71. The Bertz CT molecular complexity index is 271. The summed E-state index contributed by atoms with van der Waals surface area (Å²) >= 11 is 0. The van der Waals surface area contributed by atoms with Gasteiger partial charge in [0.1, 0.15) is 0 Å². The molecule has 2 fully saturated rings. The highest BCUT2D eigenvalue weighted by Crippen LogP contribution is 2.34. The number of hydrogen-bond donors (Lipinski definition) is 2. The molecule has 1 heterocycles. The van der Waals surface area contributed by atoms with E-state index >= 15 is 0 Å². The fourth-order valence-electron chi connectivity index (χ4n) is 3.92. The van der Waals surface area contributed by atoms with Crippen LogP contribution in [0.25, 0.3) is 0 Å². The van der Waals surface area contributed by atoms with Crippen LogP contribution in [0.15, 0.2) is 0 Å².